The van der Waals surface area contributed by atoms with Gasteiger partial charge in [-0.1, -0.05) is 12.1 Å². The standard InChI is InChI=1S/C10H6NO/c12-7-8-3-1-5-10-9(8)4-2-6-11-10/h1-3,5-7H. The maximum Gasteiger partial charge on any atom is 0.150 e. The molecule has 0 aliphatic carbocycles. The molecule has 2 aromatic rings. The van der Waals surface area contributed by atoms with Gasteiger partial charge in [0.05, 0.1) is 5.52 Å². The van der Waals surface area contributed by atoms with Gasteiger partial charge >= 0.3 is 0 Å². The van der Waals surface area contributed by atoms with Crippen LogP contribution in [0.15, 0.2) is 30.5 Å². The summed E-state index contributed by atoms with van der Waals surface area (Å²) in [7, 11) is 0. The molecule has 0 atom stereocenters. The first-order valence-electron chi connectivity index (χ1n) is 3.62. The highest BCUT2D eigenvalue weighted by atomic mass is 16.1. The van der Waals surface area contributed by atoms with Gasteiger partial charge in [-0.2, -0.15) is 0 Å². The third kappa shape index (κ3) is 0.975. The predicted octanol–water partition coefficient (Wildman–Crippen LogP) is 1.85. The van der Waals surface area contributed by atoms with Gasteiger partial charge in [-0.25, -0.2) is 0 Å². The van der Waals surface area contributed by atoms with Crippen molar-refractivity contribution >= 4 is 17.2 Å². The smallest absolute Gasteiger partial charge is 0.150 e. The minimum absolute atomic E-state index is 0.639. The van der Waals surface area contributed by atoms with E-state index in [4.69, 9.17) is 0 Å². The summed E-state index contributed by atoms with van der Waals surface area (Å²) in [5, 5.41) is 0.787. The fourth-order valence-corrected chi connectivity index (χ4v) is 1.16. The Labute approximate surface area is 69.9 Å². The van der Waals surface area contributed by atoms with E-state index in [0.29, 0.717) is 5.56 Å². The van der Waals surface area contributed by atoms with E-state index >= 15 is 0 Å². The Kier molecular flexibility index (Phi) is 1.59. The lowest BCUT2D eigenvalue weighted by atomic mass is 10.1. The van der Waals surface area contributed by atoms with E-state index in [9.17, 15) is 4.79 Å². The zero-order valence-corrected chi connectivity index (χ0v) is 6.32. The second-order valence-electron chi connectivity index (χ2n) is 2.45. The average molecular weight is 156 g/mol. The minimum atomic E-state index is 0.639. The number of hydrogen-bond donors (Lipinski definition) is 0. The van der Waals surface area contributed by atoms with Crippen LogP contribution in [0.3, 0.4) is 0 Å². The molecule has 0 aliphatic rings. The number of pyridine rings is 1. The summed E-state index contributed by atoms with van der Waals surface area (Å²) in [6.07, 6.45) is 2.48. The molecule has 57 valence electrons. The number of fused-ring (bicyclic) bond motifs is 1. The van der Waals surface area contributed by atoms with Crippen molar-refractivity contribution in [1.29, 1.82) is 0 Å². The fraction of sp³-hybridized carbons (Fsp3) is 0. The van der Waals surface area contributed by atoms with Crippen LogP contribution >= 0.6 is 0 Å². The van der Waals surface area contributed by atoms with Gasteiger partial charge in [-0.15, -0.1) is 0 Å². The Hall–Kier alpha value is -1.70. The number of carbonyl (C=O) groups excluding carboxylic acids is 1. The largest absolute Gasteiger partial charge is 0.298 e. The third-order valence-electron chi connectivity index (χ3n) is 1.72. The van der Waals surface area contributed by atoms with Crippen molar-refractivity contribution in [3.63, 3.8) is 0 Å². The summed E-state index contributed by atoms with van der Waals surface area (Å²) in [5.41, 5.74) is 1.45. The van der Waals surface area contributed by atoms with Crippen molar-refractivity contribution in [2.75, 3.05) is 0 Å². The van der Waals surface area contributed by atoms with E-state index in [1.165, 1.54) is 0 Å². The van der Waals surface area contributed by atoms with Crippen molar-refractivity contribution < 1.29 is 4.79 Å². The Morgan fingerprint density at radius 3 is 3.17 bits per heavy atom. The molecule has 2 heteroatoms. The van der Waals surface area contributed by atoms with Gasteiger partial charge in [-0.3, -0.25) is 9.78 Å². The molecular weight excluding hydrogens is 150 g/mol. The van der Waals surface area contributed by atoms with E-state index in [0.717, 1.165) is 17.2 Å². The van der Waals surface area contributed by atoms with Crippen molar-refractivity contribution in [3.05, 3.63) is 42.1 Å². The zero-order valence-electron chi connectivity index (χ0n) is 6.32. The summed E-state index contributed by atoms with van der Waals surface area (Å²) in [6.45, 7) is 0. The number of benzene rings is 1. The van der Waals surface area contributed by atoms with Gasteiger partial charge < -0.3 is 0 Å². The lowest BCUT2D eigenvalue weighted by molar-refractivity contribution is 0.112. The van der Waals surface area contributed by atoms with E-state index in [-0.39, 0.29) is 0 Å². The summed E-state index contributed by atoms with van der Waals surface area (Å²) >= 11 is 0. The van der Waals surface area contributed by atoms with Crippen LogP contribution in [0, 0.1) is 6.07 Å². The molecule has 2 rings (SSSR count). The van der Waals surface area contributed by atoms with Gasteiger partial charge in [0.1, 0.15) is 0 Å². The molecule has 0 aliphatic heterocycles. The number of aromatic nitrogens is 1. The first-order chi connectivity index (χ1) is 5.92. The van der Waals surface area contributed by atoms with Crippen LogP contribution in [0.25, 0.3) is 10.9 Å². The first kappa shape index (κ1) is 6.98. The summed E-state index contributed by atoms with van der Waals surface area (Å²) < 4.78 is 0. The molecule has 1 radical (unpaired) electrons. The molecule has 0 saturated carbocycles. The molecule has 2 nitrogen and oxygen atoms in total. The third-order valence-corrected chi connectivity index (χ3v) is 1.72. The van der Waals surface area contributed by atoms with E-state index < -0.39 is 0 Å². The van der Waals surface area contributed by atoms with Crippen molar-refractivity contribution in [2.45, 2.75) is 0 Å². The van der Waals surface area contributed by atoms with Gasteiger partial charge in [0.2, 0.25) is 0 Å². The lowest BCUT2D eigenvalue weighted by Crippen LogP contribution is -1.84. The van der Waals surface area contributed by atoms with Crippen LogP contribution < -0.4 is 0 Å². The van der Waals surface area contributed by atoms with Gasteiger partial charge in [-0.05, 0) is 18.2 Å². The molecule has 0 spiro atoms. The molecule has 0 saturated heterocycles. The van der Waals surface area contributed by atoms with Gasteiger partial charge in [0.25, 0.3) is 0 Å². The molecule has 1 aromatic heterocycles. The summed E-state index contributed by atoms with van der Waals surface area (Å²) in [5.74, 6) is 0. The second-order valence-corrected chi connectivity index (χ2v) is 2.45. The molecule has 0 amide bonds. The topological polar surface area (TPSA) is 30.0 Å². The molecule has 12 heavy (non-hydrogen) atoms. The van der Waals surface area contributed by atoms with E-state index in [1.54, 1.807) is 18.3 Å². The van der Waals surface area contributed by atoms with Crippen LogP contribution in [0.2, 0.25) is 0 Å². The summed E-state index contributed by atoms with van der Waals surface area (Å²) in [4.78, 5) is 14.7. The van der Waals surface area contributed by atoms with E-state index in [2.05, 4.69) is 11.1 Å². The Morgan fingerprint density at radius 2 is 2.33 bits per heavy atom. The van der Waals surface area contributed by atoms with Crippen LogP contribution in [-0.2, 0) is 0 Å². The zero-order chi connectivity index (χ0) is 8.39. The predicted molar refractivity (Wildman–Crippen MR) is 46.0 cm³/mol. The fourth-order valence-electron chi connectivity index (χ4n) is 1.16. The highest BCUT2D eigenvalue weighted by molar-refractivity contribution is 5.95. The maximum atomic E-state index is 10.6. The van der Waals surface area contributed by atoms with Crippen molar-refractivity contribution in [1.82, 2.24) is 4.98 Å². The quantitative estimate of drug-likeness (QED) is 0.590. The Balaban J connectivity index is 2.88. The highest BCUT2D eigenvalue weighted by Crippen LogP contribution is 2.13. The Morgan fingerprint density at radius 1 is 1.42 bits per heavy atom. The second kappa shape index (κ2) is 2.74. The first-order valence-corrected chi connectivity index (χ1v) is 3.62. The molecule has 0 bridgehead atoms. The van der Waals surface area contributed by atoms with Crippen LogP contribution in [0.1, 0.15) is 10.4 Å². The maximum absolute atomic E-state index is 10.6. The number of hydrogen-bond acceptors (Lipinski definition) is 2. The van der Waals surface area contributed by atoms with Gasteiger partial charge in [0.15, 0.2) is 6.29 Å². The number of aldehydes is 1. The number of rotatable bonds is 1. The van der Waals surface area contributed by atoms with Crippen molar-refractivity contribution in [3.8, 4) is 0 Å². The Bertz CT molecular complexity index is 418. The monoisotopic (exact) mass is 156 g/mol. The van der Waals surface area contributed by atoms with Crippen LogP contribution in [-0.4, -0.2) is 11.3 Å². The van der Waals surface area contributed by atoms with Crippen molar-refractivity contribution in [2.24, 2.45) is 0 Å². The SMILES string of the molecule is O=Cc1cccc2ncc[c]c12. The minimum Gasteiger partial charge on any atom is -0.298 e. The molecule has 1 aromatic carbocycles. The average Bonchev–Trinajstić information content (AvgIpc) is 2.17. The molecule has 0 N–H and O–H groups in total. The molecule has 0 fully saturated rings. The normalized spacial score (nSPS) is 10.0. The van der Waals surface area contributed by atoms with Crippen LogP contribution in [0.5, 0.6) is 0 Å². The molecule has 1 heterocycles. The number of carbonyl (C=O) groups is 1. The lowest BCUT2D eigenvalue weighted by Gasteiger charge is -1.96. The summed E-state index contributed by atoms with van der Waals surface area (Å²) in [6, 6.07) is 10.1. The number of nitrogens with zero attached hydrogens (tertiary/aromatic N) is 1. The molecule has 0 unspecified atom stereocenters. The van der Waals surface area contributed by atoms with E-state index in [1.807, 2.05) is 12.1 Å². The van der Waals surface area contributed by atoms with Gasteiger partial charge in [0, 0.05) is 17.1 Å². The highest BCUT2D eigenvalue weighted by Gasteiger charge is 1.97. The molecular formula is C10H6NO. The van der Waals surface area contributed by atoms with Crippen LogP contribution in [0.4, 0.5) is 0 Å².